The number of esters is 1. The number of hydrazine groups is 1. The molecule has 1 aliphatic heterocycles. The highest BCUT2D eigenvalue weighted by atomic mass is 16.6. The number of urea groups is 1. The zero-order chi connectivity index (χ0) is 24.9. The smallest absolute Gasteiger partial charge is 0.344 e. The summed E-state index contributed by atoms with van der Waals surface area (Å²) in [6.07, 6.45) is 0.310. The average Bonchev–Trinajstić information content (AvgIpc) is 3.05. The lowest BCUT2D eigenvalue weighted by molar-refractivity contribution is -0.384. The van der Waals surface area contributed by atoms with Gasteiger partial charge in [0, 0.05) is 24.4 Å². The van der Waals surface area contributed by atoms with Crippen molar-refractivity contribution in [3.8, 4) is 0 Å². The molecule has 3 rings (SSSR count). The summed E-state index contributed by atoms with van der Waals surface area (Å²) in [5.41, 5.74) is 1.65. The van der Waals surface area contributed by atoms with E-state index in [4.69, 9.17) is 4.74 Å². The second-order valence-corrected chi connectivity index (χ2v) is 7.69. The summed E-state index contributed by atoms with van der Waals surface area (Å²) in [4.78, 5) is 59.7. The van der Waals surface area contributed by atoms with Gasteiger partial charge in [-0.25, -0.2) is 9.59 Å². The fourth-order valence-corrected chi connectivity index (χ4v) is 3.15. The number of rotatable bonds is 9. The Kier molecular flexibility index (Phi) is 7.09. The maximum atomic E-state index is 12.6. The highest BCUT2D eigenvalue weighted by Gasteiger charge is 2.47. The number of amides is 4. The lowest BCUT2D eigenvalue weighted by atomic mass is 10.00. The molecule has 178 valence electrons. The van der Waals surface area contributed by atoms with Crippen molar-refractivity contribution in [3.63, 3.8) is 0 Å². The summed E-state index contributed by atoms with van der Waals surface area (Å²) in [6.45, 7) is 2.74. The summed E-state index contributed by atoms with van der Waals surface area (Å²) < 4.78 is 4.99. The number of carbonyl (C=O) groups excluding carboxylic acids is 4. The second-order valence-electron chi connectivity index (χ2n) is 7.69. The average molecular weight is 469 g/mol. The van der Waals surface area contributed by atoms with E-state index in [9.17, 15) is 29.3 Å². The molecule has 1 aliphatic rings. The Balaban J connectivity index is 1.67. The molecule has 1 heterocycles. The van der Waals surface area contributed by atoms with Crippen LogP contribution in [-0.4, -0.2) is 45.9 Å². The van der Waals surface area contributed by atoms with Gasteiger partial charge in [-0.15, -0.1) is 0 Å². The first-order valence-electron chi connectivity index (χ1n) is 10.3. The molecule has 0 aliphatic carbocycles. The van der Waals surface area contributed by atoms with E-state index in [1.807, 2.05) is 30.3 Å². The molecule has 1 unspecified atom stereocenters. The maximum absolute atomic E-state index is 12.6. The second kappa shape index (κ2) is 9.98. The van der Waals surface area contributed by atoms with Crippen LogP contribution >= 0.6 is 0 Å². The standard InChI is InChI=1S/C22H23N5O7/c1-3-22(2)20(30)26(21(31)24-22)25-18(28)13-34-19(29)16-11-15(27(32)33)9-10-17(16)23-12-14-7-5-4-6-8-14/h4-11,23H,3,12-13H2,1-2H3,(H,24,31)(H,25,28). The van der Waals surface area contributed by atoms with E-state index in [1.54, 1.807) is 6.92 Å². The molecule has 0 saturated carbocycles. The predicted molar refractivity (Wildman–Crippen MR) is 119 cm³/mol. The van der Waals surface area contributed by atoms with Gasteiger partial charge in [0.1, 0.15) is 5.54 Å². The number of nitro benzene ring substituents is 1. The monoisotopic (exact) mass is 469 g/mol. The fourth-order valence-electron chi connectivity index (χ4n) is 3.15. The van der Waals surface area contributed by atoms with Crippen molar-refractivity contribution in [3.05, 3.63) is 69.8 Å². The van der Waals surface area contributed by atoms with E-state index in [2.05, 4.69) is 16.1 Å². The van der Waals surface area contributed by atoms with E-state index in [0.29, 0.717) is 18.0 Å². The Hall–Kier alpha value is -4.48. The summed E-state index contributed by atoms with van der Waals surface area (Å²) >= 11 is 0. The number of imide groups is 1. The molecule has 0 spiro atoms. The molecule has 3 N–H and O–H groups in total. The Morgan fingerprint density at radius 3 is 2.50 bits per heavy atom. The van der Waals surface area contributed by atoms with Crippen molar-refractivity contribution in [2.75, 3.05) is 11.9 Å². The quantitative estimate of drug-likeness (QED) is 0.218. The van der Waals surface area contributed by atoms with Gasteiger partial charge in [-0.1, -0.05) is 37.3 Å². The number of carbonyl (C=O) groups is 4. The lowest BCUT2D eigenvalue weighted by Crippen LogP contribution is -2.49. The van der Waals surface area contributed by atoms with Crippen LogP contribution in [0.4, 0.5) is 16.2 Å². The van der Waals surface area contributed by atoms with Crippen LogP contribution in [0, 0.1) is 10.1 Å². The first-order valence-corrected chi connectivity index (χ1v) is 10.3. The number of ether oxygens (including phenoxy) is 1. The minimum absolute atomic E-state index is 0.147. The van der Waals surface area contributed by atoms with Crippen molar-refractivity contribution in [1.82, 2.24) is 15.8 Å². The van der Waals surface area contributed by atoms with Gasteiger partial charge >= 0.3 is 12.0 Å². The Labute approximate surface area is 194 Å². The molecule has 0 radical (unpaired) electrons. The van der Waals surface area contributed by atoms with Crippen LogP contribution in [0.1, 0.15) is 36.2 Å². The van der Waals surface area contributed by atoms with Crippen LogP contribution in [0.5, 0.6) is 0 Å². The van der Waals surface area contributed by atoms with Crippen LogP contribution in [0.2, 0.25) is 0 Å². The van der Waals surface area contributed by atoms with E-state index >= 15 is 0 Å². The molecule has 12 nitrogen and oxygen atoms in total. The largest absolute Gasteiger partial charge is 0.452 e. The minimum atomic E-state index is -1.15. The zero-order valence-corrected chi connectivity index (χ0v) is 18.5. The normalized spacial score (nSPS) is 17.2. The first kappa shape index (κ1) is 24.2. The maximum Gasteiger partial charge on any atom is 0.344 e. The van der Waals surface area contributed by atoms with Crippen molar-refractivity contribution in [2.45, 2.75) is 32.4 Å². The molecule has 4 amide bonds. The number of nitro groups is 1. The predicted octanol–water partition coefficient (Wildman–Crippen LogP) is 2.12. The number of nitrogens with one attached hydrogen (secondary N) is 3. The van der Waals surface area contributed by atoms with Gasteiger partial charge in [0.15, 0.2) is 6.61 Å². The molecular weight excluding hydrogens is 446 g/mol. The molecule has 1 atom stereocenters. The number of anilines is 1. The molecule has 0 aromatic heterocycles. The Morgan fingerprint density at radius 1 is 1.18 bits per heavy atom. The van der Waals surface area contributed by atoms with Gasteiger partial charge < -0.3 is 15.4 Å². The number of benzene rings is 2. The number of non-ortho nitro benzene ring substituents is 1. The van der Waals surface area contributed by atoms with Crippen molar-refractivity contribution < 1.29 is 28.8 Å². The highest BCUT2D eigenvalue weighted by Crippen LogP contribution is 2.24. The summed E-state index contributed by atoms with van der Waals surface area (Å²) in [6, 6.07) is 12.1. The van der Waals surface area contributed by atoms with E-state index < -0.39 is 40.9 Å². The Bertz CT molecular complexity index is 1140. The van der Waals surface area contributed by atoms with Crippen LogP contribution in [0.3, 0.4) is 0 Å². The van der Waals surface area contributed by atoms with Gasteiger partial charge in [0.2, 0.25) is 0 Å². The van der Waals surface area contributed by atoms with Crippen LogP contribution in [0.25, 0.3) is 0 Å². The van der Waals surface area contributed by atoms with Gasteiger partial charge in [0.25, 0.3) is 17.5 Å². The third-order valence-corrected chi connectivity index (χ3v) is 5.30. The molecular formula is C22H23N5O7. The third kappa shape index (κ3) is 5.28. The molecule has 1 saturated heterocycles. The molecule has 0 bridgehead atoms. The minimum Gasteiger partial charge on any atom is -0.452 e. The number of nitrogens with zero attached hydrogens (tertiary/aromatic N) is 2. The number of hydrogen-bond donors (Lipinski definition) is 3. The van der Waals surface area contributed by atoms with Crippen LogP contribution in [-0.2, 0) is 20.9 Å². The third-order valence-electron chi connectivity index (χ3n) is 5.30. The molecule has 12 heteroatoms. The van der Waals surface area contributed by atoms with Crippen molar-refractivity contribution in [1.29, 1.82) is 0 Å². The van der Waals surface area contributed by atoms with Crippen LogP contribution < -0.4 is 16.1 Å². The molecule has 1 fully saturated rings. The summed E-state index contributed by atoms with van der Waals surface area (Å²) in [5, 5.41) is 17.2. The fraction of sp³-hybridized carbons (Fsp3) is 0.273. The number of hydrogen-bond acceptors (Lipinski definition) is 8. The lowest BCUT2D eigenvalue weighted by Gasteiger charge is -2.19. The van der Waals surface area contributed by atoms with E-state index in [1.165, 1.54) is 19.1 Å². The van der Waals surface area contributed by atoms with E-state index in [0.717, 1.165) is 11.6 Å². The van der Waals surface area contributed by atoms with Crippen molar-refractivity contribution >= 4 is 35.2 Å². The Morgan fingerprint density at radius 2 is 1.88 bits per heavy atom. The molecule has 34 heavy (non-hydrogen) atoms. The SMILES string of the molecule is CCC1(C)NC(=O)N(NC(=O)COC(=O)c2cc([N+](=O)[O-])ccc2NCc2ccccc2)C1=O. The summed E-state index contributed by atoms with van der Waals surface area (Å²) in [7, 11) is 0. The van der Waals surface area contributed by atoms with Gasteiger partial charge in [-0.2, -0.15) is 5.01 Å². The van der Waals surface area contributed by atoms with Crippen LogP contribution in [0.15, 0.2) is 48.5 Å². The first-order chi connectivity index (χ1) is 16.1. The molecule has 2 aromatic rings. The van der Waals surface area contributed by atoms with Gasteiger partial charge in [-0.05, 0) is 25.0 Å². The van der Waals surface area contributed by atoms with Gasteiger partial charge in [-0.3, -0.25) is 25.1 Å². The highest BCUT2D eigenvalue weighted by molar-refractivity contribution is 6.07. The molecule has 2 aromatic carbocycles. The zero-order valence-electron chi connectivity index (χ0n) is 18.5. The van der Waals surface area contributed by atoms with Gasteiger partial charge in [0.05, 0.1) is 10.5 Å². The summed E-state index contributed by atoms with van der Waals surface area (Å²) in [5.74, 6) is -2.57. The van der Waals surface area contributed by atoms with E-state index in [-0.39, 0.29) is 16.9 Å². The topological polar surface area (TPSA) is 160 Å². The van der Waals surface area contributed by atoms with Crippen molar-refractivity contribution in [2.24, 2.45) is 0 Å².